The van der Waals surface area contributed by atoms with E-state index in [1.54, 1.807) is 0 Å². The molecule has 1 aromatic heterocycles. The number of rotatable bonds is 5. The zero-order valence-corrected chi connectivity index (χ0v) is 13.6. The molecule has 21 heavy (non-hydrogen) atoms. The Morgan fingerprint density at radius 3 is 2.57 bits per heavy atom. The maximum Gasteiger partial charge on any atom is 0.171 e. The van der Waals surface area contributed by atoms with E-state index in [9.17, 15) is 0 Å². The zero-order chi connectivity index (χ0) is 15.6. The molecule has 1 aromatic carbocycles. The first-order chi connectivity index (χ1) is 9.92. The lowest BCUT2D eigenvalue weighted by Crippen LogP contribution is -2.21. The number of ether oxygens (including phenoxy) is 1. The van der Waals surface area contributed by atoms with Crippen LogP contribution in [-0.2, 0) is 13.5 Å². The summed E-state index contributed by atoms with van der Waals surface area (Å²) in [4.78, 5) is 0. The fourth-order valence-corrected chi connectivity index (χ4v) is 2.41. The molecule has 0 spiro atoms. The van der Waals surface area contributed by atoms with Crippen LogP contribution in [0.3, 0.4) is 0 Å². The average Bonchev–Trinajstić information content (AvgIpc) is 2.67. The molecule has 1 atom stereocenters. The van der Waals surface area contributed by atoms with Crippen LogP contribution in [0.1, 0.15) is 35.9 Å². The van der Waals surface area contributed by atoms with E-state index in [0.717, 1.165) is 41.3 Å². The van der Waals surface area contributed by atoms with Gasteiger partial charge in [-0.3, -0.25) is 4.68 Å². The van der Waals surface area contributed by atoms with Gasteiger partial charge in [-0.25, -0.2) is 0 Å². The Labute approximate surface area is 126 Å². The first-order valence-corrected chi connectivity index (χ1v) is 7.45. The third-order valence-corrected chi connectivity index (χ3v) is 3.88. The molecule has 0 aliphatic carbocycles. The topological polar surface area (TPSA) is 53.1 Å². The number of hydrogen-bond acceptors (Lipinski definition) is 3. The van der Waals surface area contributed by atoms with Crippen molar-refractivity contribution in [2.75, 3.05) is 0 Å². The summed E-state index contributed by atoms with van der Waals surface area (Å²) in [5.41, 5.74) is 10.4. The highest BCUT2D eigenvalue weighted by Gasteiger charge is 2.15. The van der Waals surface area contributed by atoms with E-state index in [1.165, 1.54) is 5.56 Å². The van der Waals surface area contributed by atoms with Crippen LogP contribution in [0.5, 0.6) is 11.5 Å². The largest absolute Gasteiger partial charge is 0.453 e. The van der Waals surface area contributed by atoms with Crippen LogP contribution in [0.4, 0.5) is 0 Å². The van der Waals surface area contributed by atoms with Crippen molar-refractivity contribution in [2.24, 2.45) is 12.8 Å². The maximum absolute atomic E-state index is 6.15. The van der Waals surface area contributed by atoms with Gasteiger partial charge in [0.2, 0.25) is 0 Å². The predicted molar refractivity (Wildman–Crippen MR) is 85.9 cm³/mol. The van der Waals surface area contributed by atoms with E-state index >= 15 is 0 Å². The Morgan fingerprint density at radius 1 is 1.29 bits per heavy atom. The summed E-state index contributed by atoms with van der Waals surface area (Å²) in [5.74, 6) is 1.72. The lowest BCUT2D eigenvalue weighted by atomic mass is 10.0. The molecule has 0 radical (unpaired) electrons. The number of hydrogen-bond donors (Lipinski definition) is 1. The van der Waals surface area contributed by atoms with Crippen molar-refractivity contribution in [3.63, 3.8) is 0 Å². The number of aromatic nitrogens is 2. The maximum atomic E-state index is 6.15. The van der Waals surface area contributed by atoms with Gasteiger partial charge in [0, 0.05) is 13.1 Å². The van der Waals surface area contributed by atoms with Gasteiger partial charge in [-0.05, 0) is 45.2 Å². The lowest BCUT2D eigenvalue weighted by Gasteiger charge is -2.15. The molecular formula is C17H25N3O. The molecule has 2 rings (SSSR count). The van der Waals surface area contributed by atoms with Crippen LogP contribution >= 0.6 is 0 Å². The highest BCUT2D eigenvalue weighted by molar-refractivity contribution is 5.43. The Balaban J connectivity index is 2.35. The van der Waals surface area contributed by atoms with Gasteiger partial charge in [-0.2, -0.15) is 5.10 Å². The van der Waals surface area contributed by atoms with E-state index in [1.807, 2.05) is 31.6 Å². The second-order valence-corrected chi connectivity index (χ2v) is 5.71. The molecule has 4 nitrogen and oxygen atoms in total. The Bertz CT molecular complexity index is 631. The van der Waals surface area contributed by atoms with E-state index in [0.29, 0.717) is 0 Å². The second-order valence-electron chi connectivity index (χ2n) is 5.71. The van der Waals surface area contributed by atoms with Crippen molar-refractivity contribution in [3.05, 3.63) is 40.7 Å². The predicted octanol–water partition coefficient (Wildman–Crippen LogP) is 3.42. The lowest BCUT2D eigenvalue weighted by molar-refractivity contribution is 0.464. The standard InChI is InChI=1S/C17H25N3O/c1-6-15(18)10-14-9-11(2)7-8-16(14)21-17-12(3)19-20(5)13(17)4/h7-9,15H,6,10,18H2,1-5H3. The van der Waals surface area contributed by atoms with Crippen molar-refractivity contribution >= 4 is 0 Å². The minimum atomic E-state index is 0.158. The number of benzene rings is 1. The summed E-state index contributed by atoms with van der Waals surface area (Å²) in [6, 6.07) is 6.41. The first-order valence-electron chi connectivity index (χ1n) is 7.45. The van der Waals surface area contributed by atoms with Crippen LogP contribution in [-0.4, -0.2) is 15.8 Å². The minimum absolute atomic E-state index is 0.158. The average molecular weight is 287 g/mol. The van der Waals surface area contributed by atoms with E-state index in [-0.39, 0.29) is 6.04 Å². The van der Waals surface area contributed by atoms with Gasteiger partial charge in [0.05, 0.1) is 5.69 Å². The van der Waals surface area contributed by atoms with Gasteiger partial charge < -0.3 is 10.5 Å². The highest BCUT2D eigenvalue weighted by Crippen LogP contribution is 2.31. The fourth-order valence-electron chi connectivity index (χ4n) is 2.41. The summed E-state index contributed by atoms with van der Waals surface area (Å²) in [5, 5.41) is 4.40. The molecule has 0 amide bonds. The molecule has 0 saturated heterocycles. The van der Waals surface area contributed by atoms with Gasteiger partial charge in [-0.15, -0.1) is 0 Å². The quantitative estimate of drug-likeness (QED) is 0.916. The van der Waals surface area contributed by atoms with Crippen molar-refractivity contribution in [1.29, 1.82) is 0 Å². The molecule has 0 saturated carbocycles. The van der Waals surface area contributed by atoms with Crippen LogP contribution in [0.25, 0.3) is 0 Å². The third kappa shape index (κ3) is 3.45. The van der Waals surface area contributed by atoms with Gasteiger partial charge in [0.1, 0.15) is 11.4 Å². The number of nitrogens with zero attached hydrogens (tertiary/aromatic N) is 2. The normalized spacial score (nSPS) is 12.5. The molecule has 0 fully saturated rings. The molecule has 2 aromatic rings. The van der Waals surface area contributed by atoms with Crippen molar-refractivity contribution in [3.8, 4) is 11.5 Å². The fraction of sp³-hybridized carbons (Fsp3) is 0.471. The summed E-state index contributed by atoms with van der Waals surface area (Å²) < 4.78 is 8.00. The monoisotopic (exact) mass is 287 g/mol. The summed E-state index contributed by atoms with van der Waals surface area (Å²) in [7, 11) is 1.93. The van der Waals surface area contributed by atoms with Crippen molar-refractivity contribution in [2.45, 2.75) is 46.6 Å². The summed E-state index contributed by atoms with van der Waals surface area (Å²) in [6.07, 6.45) is 1.78. The Morgan fingerprint density at radius 2 is 2.00 bits per heavy atom. The first kappa shape index (κ1) is 15.6. The molecule has 0 bridgehead atoms. The third-order valence-electron chi connectivity index (χ3n) is 3.88. The second kappa shape index (κ2) is 6.31. The molecule has 0 aliphatic heterocycles. The van der Waals surface area contributed by atoms with Gasteiger partial charge in [0.15, 0.2) is 5.75 Å². The van der Waals surface area contributed by atoms with Crippen molar-refractivity contribution in [1.82, 2.24) is 9.78 Å². The van der Waals surface area contributed by atoms with E-state index in [2.05, 4.69) is 31.1 Å². The molecule has 2 N–H and O–H groups in total. The van der Waals surface area contributed by atoms with Crippen LogP contribution in [0.2, 0.25) is 0 Å². The Hall–Kier alpha value is -1.81. The minimum Gasteiger partial charge on any atom is -0.453 e. The molecule has 114 valence electrons. The van der Waals surface area contributed by atoms with Gasteiger partial charge >= 0.3 is 0 Å². The van der Waals surface area contributed by atoms with Crippen molar-refractivity contribution < 1.29 is 4.74 Å². The summed E-state index contributed by atoms with van der Waals surface area (Å²) >= 11 is 0. The van der Waals surface area contributed by atoms with Crippen LogP contribution < -0.4 is 10.5 Å². The number of aryl methyl sites for hydroxylation is 3. The Kier molecular flexibility index (Phi) is 4.68. The van der Waals surface area contributed by atoms with Gasteiger partial charge in [-0.1, -0.05) is 24.6 Å². The molecule has 1 heterocycles. The molecular weight excluding hydrogens is 262 g/mol. The van der Waals surface area contributed by atoms with E-state index in [4.69, 9.17) is 10.5 Å². The SMILES string of the molecule is CCC(N)Cc1cc(C)ccc1Oc1c(C)nn(C)c1C. The van der Waals surface area contributed by atoms with Gasteiger partial charge in [0.25, 0.3) is 0 Å². The molecule has 1 unspecified atom stereocenters. The van der Waals surface area contributed by atoms with Crippen LogP contribution in [0, 0.1) is 20.8 Å². The zero-order valence-electron chi connectivity index (χ0n) is 13.6. The molecule has 0 aliphatic rings. The smallest absolute Gasteiger partial charge is 0.171 e. The molecule has 4 heteroatoms. The summed E-state index contributed by atoms with van der Waals surface area (Å²) in [6.45, 7) is 8.18. The highest BCUT2D eigenvalue weighted by atomic mass is 16.5. The van der Waals surface area contributed by atoms with E-state index < -0.39 is 0 Å². The van der Waals surface area contributed by atoms with Crippen LogP contribution in [0.15, 0.2) is 18.2 Å². The number of nitrogens with two attached hydrogens (primary N) is 1.